The monoisotopic (exact) mass is 420 g/mol. The van der Waals surface area contributed by atoms with Gasteiger partial charge in [-0.1, -0.05) is 25.9 Å². The van der Waals surface area contributed by atoms with E-state index in [9.17, 15) is 4.79 Å². The molecule has 0 spiro atoms. The van der Waals surface area contributed by atoms with Crippen LogP contribution in [0.25, 0.3) is 22.5 Å². The molecular weight excluding hydrogens is 396 g/mol. The van der Waals surface area contributed by atoms with E-state index in [0.717, 1.165) is 11.3 Å². The van der Waals surface area contributed by atoms with Crippen molar-refractivity contribution < 1.29 is 18.5 Å². The van der Waals surface area contributed by atoms with Crippen molar-refractivity contribution in [2.24, 2.45) is 0 Å². The van der Waals surface area contributed by atoms with E-state index < -0.39 is 0 Å². The summed E-state index contributed by atoms with van der Waals surface area (Å²) in [5.74, 6) is 2.15. The molecule has 0 unspecified atom stereocenters. The predicted molar refractivity (Wildman–Crippen MR) is 116 cm³/mol. The Kier molecular flexibility index (Phi) is 5.46. The molecule has 0 aliphatic heterocycles. The van der Waals surface area contributed by atoms with Crippen molar-refractivity contribution in [3.05, 3.63) is 54.2 Å². The molecule has 0 fully saturated rings. The van der Waals surface area contributed by atoms with Crippen LogP contribution in [0.4, 0.5) is 5.69 Å². The quantitative estimate of drug-likeness (QED) is 0.480. The molecule has 8 heteroatoms. The number of carbonyl (C=O) groups excluding carboxylic acids is 1. The number of anilines is 1. The van der Waals surface area contributed by atoms with Gasteiger partial charge in [-0.3, -0.25) is 4.79 Å². The van der Waals surface area contributed by atoms with Crippen LogP contribution in [0.15, 0.2) is 51.4 Å². The normalized spacial score (nSPS) is 11.6. The molecule has 8 nitrogen and oxygen atoms in total. The second kappa shape index (κ2) is 8.22. The summed E-state index contributed by atoms with van der Waals surface area (Å²) in [6, 6.07) is 12.8. The van der Waals surface area contributed by atoms with Crippen LogP contribution in [0.3, 0.4) is 0 Å². The number of oxazole rings is 1. The summed E-state index contributed by atoms with van der Waals surface area (Å²) in [5.41, 5.74) is 2.70. The van der Waals surface area contributed by atoms with Crippen LogP contribution in [-0.2, 0) is 16.6 Å². The molecule has 0 atom stereocenters. The fourth-order valence-corrected chi connectivity index (χ4v) is 2.98. The number of hydrogen-bond acceptors (Lipinski definition) is 7. The second-order valence-electron chi connectivity index (χ2n) is 8.24. The van der Waals surface area contributed by atoms with Gasteiger partial charge in [0.2, 0.25) is 23.5 Å². The van der Waals surface area contributed by atoms with Crippen LogP contribution in [-0.4, -0.2) is 28.1 Å². The Morgan fingerprint density at radius 2 is 1.87 bits per heavy atom. The number of nitrogens with one attached hydrogen (secondary N) is 1. The summed E-state index contributed by atoms with van der Waals surface area (Å²) < 4.78 is 16.2. The maximum atomic E-state index is 12.4. The van der Waals surface area contributed by atoms with Crippen molar-refractivity contribution >= 4 is 22.7 Å². The number of carbonyl (C=O) groups is 1. The van der Waals surface area contributed by atoms with E-state index in [1.165, 1.54) is 0 Å². The number of aromatic nitrogens is 3. The Balaban J connectivity index is 1.36. The third-order valence-electron chi connectivity index (χ3n) is 4.70. The molecule has 0 saturated heterocycles. The summed E-state index contributed by atoms with van der Waals surface area (Å²) in [6.07, 6.45) is 0.559. The maximum Gasteiger partial charge on any atom is 0.227 e. The van der Waals surface area contributed by atoms with Gasteiger partial charge in [0.15, 0.2) is 5.58 Å². The first-order chi connectivity index (χ1) is 14.8. The van der Waals surface area contributed by atoms with Crippen LogP contribution >= 0.6 is 0 Å². The molecular formula is C23H24N4O4. The molecule has 0 saturated carbocycles. The van der Waals surface area contributed by atoms with E-state index in [1.807, 2.05) is 51.1 Å². The molecule has 31 heavy (non-hydrogen) atoms. The largest absolute Gasteiger partial charge is 0.497 e. The second-order valence-corrected chi connectivity index (χ2v) is 8.24. The number of hydrogen-bond donors (Lipinski definition) is 1. The summed E-state index contributed by atoms with van der Waals surface area (Å²) in [4.78, 5) is 21.3. The van der Waals surface area contributed by atoms with E-state index in [-0.39, 0.29) is 17.7 Å². The molecule has 4 rings (SSSR count). The minimum Gasteiger partial charge on any atom is -0.497 e. The fraction of sp³-hybridized carbons (Fsp3) is 0.304. The van der Waals surface area contributed by atoms with E-state index in [2.05, 4.69) is 20.4 Å². The summed E-state index contributed by atoms with van der Waals surface area (Å²) >= 11 is 0. The maximum absolute atomic E-state index is 12.4. The van der Waals surface area contributed by atoms with Gasteiger partial charge in [-0.2, -0.15) is 4.98 Å². The first-order valence-corrected chi connectivity index (χ1v) is 10.00. The van der Waals surface area contributed by atoms with Crippen LogP contribution in [0.1, 0.15) is 39.0 Å². The minimum absolute atomic E-state index is 0.150. The average Bonchev–Trinajstić information content (AvgIpc) is 3.39. The SMILES string of the molecule is COc1ccc(-c2noc(CCC(=O)Nc3ccc4oc(C(C)(C)C)nc4c3)n2)cc1. The zero-order valence-electron chi connectivity index (χ0n) is 17.9. The molecule has 2 aromatic heterocycles. The van der Waals surface area contributed by atoms with Crippen molar-refractivity contribution in [3.63, 3.8) is 0 Å². The Hall–Kier alpha value is -3.68. The van der Waals surface area contributed by atoms with E-state index in [0.29, 0.717) is 40.8 Å². The Morgan fingerprint density at radius 3 is 2.58 bits per heavy atom. The molecule has 2 heterocycles. The van der Waals surface area contributed by atoms with E-state index in [4.69, 9.17) is 13.7 Å². The highest BCUT2D eigenvalue weighted by Crippen LogP contribution is 2.27. The zero-order chi connectivity index (χ0) is 22.0. The molecule has 0 aliphatic carbocycles. The molecule has 0 bridgehead atoms. The lowest BCUT2D eigenvalue weighted by atomic mass is 9.97. The number of methoxy groups -OCH3 is 1. The first-order valence-electron chi connectivity index (χ1n) is 10.00. The number of ether oxygens (including phenoxy) is 1. The lowest BCUT2D eigenvalue weighted by Crippen LogP contribution is -2.12. The van der Waals surface area contributed by atoms with Crippen molar-refractivity contribution in [1.82, 2.24) is 15.1 Å². The van der Waals surface area contributed by atoms with E-state index >= 15 is 0 Å². The molecule has 2 aromatic carbocycles. The van der Waals surface area contributed by atoms with Gasteiger partial charge in [-0.05, 0) is 42.5 Å². The highest BCUT2D eigenvalue weighted by molar-refractivity contribution is 5.92. The Morgan fingerprint density at radius 1 is 1.10 bits per heavy atom. The molecule has 1 N–H and O–H groups in total. The summed E-state index contributed by atoms with van der Waals surface area (Å²) in [6.45, 7) is 6.12. The van der Waals surface area contributed by atoms with Gasteiger partial charge in [0.1, 0.15) is 11.3 Å². The van der Waals surface area contributed by atoms with Crippen LogP contribution in [0.2, 0.25) is 0 Å². The third-order valence-corrected chi connectivity index (χ3v) is 4.70. The zero-order valence-corrected chi connectivity index (χ0v) is 17.9. The average molecular weight is 420 g/mol. The van der Waals surface area contributed by atoms with Gasteiger partial charge in [-0.15, -0.1) is 0 Å². The topological polar surface area (TPSA) is 103 Å². The number of fused-ring (bicyclic) bond motifs is 1. The van der Waals surface area contributed by atoms with Gasteiger partial charge in [-0.25, -0.2) is 4.98 Å². The number of nitrogens with zero attached hydrogens (tertiary/aromatic N) is 3. The standard InChI is InChI=1S/C23H24N4O4/c1-23(2,3)22-25-17-13-15(7-10-18(17)30-22)24-19(28)11-12-20-26-21(27-31-20)14-5-8-16(29-4)9-6-14/h5-10,13H,11-12H2,1-4H3,(H,24,28). The molecule has 4 aromatic rings. The molecule has 1 amide bonds. The van der Waals surface area contributed by atoms with Crippen LogP contribution < -0.4 is 10.1 Å². The highest BCUT2D eigenvalue weighted by Gasteiger charge is 2.21. The van der Waals surface area contributed by atoms with Gasteiger partial charge in [0, 0.05) is 29.5 Å². The Bertz CT molecular complexity index is 1200. The minimum atomic E-state index is -0.183. The molecule has 160 valence electrons. The van der Waals surface area contributed by atoms with E-state index in [1.54, 1.807) is 19.2 Å². The van der Waals surface area contributed by atoms with Gasteiger partial charge in [0.25, 0.3) is 0 Å². The summed E-state index contributed by atoms with van der Waals surface area (Å²) in [5, 5.41) is 6.86. The first kappa shape index (κ1) is 20.6. The summed E-state index contributed by atoms with van der Waals surface area (Å²) in [7, 11) is 1.61. The number of amides is 1. The van der Waals surface area contributed by atoms with Gasteiger partial charge < -0.3 is 19.0 Å². The predicted octanol–water partition coefficient (Wildman–Crippen LogP) is 4.76. The highest BCUT2D eigenvalue weighted by atomic mass is 16.5. The van der Waals surface area contributed by atoms with Crippen molar-refractivity contribution in [3.8, 4) is 17.1 Å². The lowest BCUT2D eigenvalue weighted by molar-refractivity contribution is -0.116. The smallest absolute Gasteiger partial charge is 0.227 e. The van der Waals surface area contributed by atoms with Crippen LogP contribution in [0, 0.1) is 0 Å². The lowest BCUT2D eigenvalue weighted by Gasteiger charge is -2.11. The van der Waals surface area contributed by atoms with Crippen molar-refractivity contribution in [2.45, 2.75) is 39.0 Å². The fourth-order valence-electron chi connectivity index (χ4n) is 2.98. The van der Waals surface area contributed by atoms with Gasteiger partial charge in [0.05, 0.1) is 7.11 Å². The van der Waals surface area contributed by atoms with Crippen LogP contribution in [0.5, 0.6) is 5.75 Å². The number of rotatable bonds is 6. The molecule has 0 radical (unpaired) electrons. The van der Waals surface area contributed by atoms with Crippen molar-refractivity contribution in [2.75, 3.05) is 12.4 Å². The third kappa shape index (κ3) is 4.74. The molecule has 0 aliphatic rings. The number of aryl methyl sites for hydroxylation is 1. The number of benzene rings is 2. The Labute approximate surface area is 179 Å². The van der Waals surface area contributed by atoms with Crippen molar-refractivity contribution in [1.29, 1.82) is 0 Å². The van der Waals surface area contributed by atoms with Gasteiger partial charge >= 0.3 is 0 Å².